The highest BCUT2D eigenvalue weighted by Gasteiger charge is 2.19. The summed E-state index contributed by atoms with van der Waals surface area (Å²) in [5, 5.41) is 0. The maximum atomic E-state index is 12.7. The number of hydrogen-bond acceptors (Lipinski definition) is 6. The largest absolute Gasteiger partial charge is 0.462 e. The predicted octanol–water partition coefficient (Wildman–Crippen LogP) is 17.8. The molecule has 0 fully saturated rings. The lowest BCUT2D eigenvalue weighted by Gasteiger charge is -2.18. The van der Waals surface area contributed by atoms with Gasteiger partial charge in [0.2, 0.25) is 0 Å². The molecule has 0 bridgehead atoms. The Morgan fingerprint density at radius 3 is 0.969 bits per heavy atom. The van der Waals surface area contributed by atoms with Gasteiger partial charge in [-0.2, -0.15) is 0 Å². The molecule has 0 aliphatic heterocycles. The summed E-state index contributed by atoms with van der Waals surface area (Å²) in [7, 11) is 0. The third kappa shape index (κ3) is 51.2. The van der Waals surface area contributed by atoms with Gasteiger partial charge in [0.25, 0.3) is 0 Å². The SMILES string of the molecule is CC/C=C\C/C=C\C/C=C\C/C=C\C/C=C\C/C=C\CCCCCCCCC(=O)OCC(COC(=O)CCCCCCC)OC(=O)CCCCCCCCC/C=C\C/C=C\CCCCC. The Morgan fingerprint density at radius 2 is 0.600 bits per heavy atom. The van der Waals surface area contributed by atoms with Gasteiger partial charge in [0.15, 0.2) is 6.10 Å². The quantitative estimate of drug-likeness (QED) is 0.0262. The highest BCUT2D eigenvalue weighted by molar-refractivity contribution is 5.71. The lowest BCUT2D eigenvalue weighted by Crippen LogP contribution is -2.30. The van der Waals surface area contributed by atoms with Crippen molar-refractivity contribution in [1.82, 2.24) is 0 Å². The van der Waals surface area contributed by atoms with Crippen molar-refractivity contribution < 1.29 is 28.6 Å². The van der Waals surface area contributed by atoms with E-state index < -0.39 is 6.10 Å². The molecule has 0 amide bonds. The number of carbonyl (C=O) groups is 3. The van der Waals surface area contributed by atoms with Crippen LogP contribution in [0.25, 0.3) is 0 Å². The van der Waals surface area contributed by atoms with Crippen LogP contribution in [0.5, 0.6) is 0 Å². The van der Waals surface area contributed by atoms with Gasteiger partial charge in [-0.05, 0) is 103 Å². The van der Waals surface area contributed by atoms with Crippen LogP contribution in [0.3, 0.4) is 0 Å². The normalized spacial score (nSPS) is 12.8. The minimum Gasteiger partial charge on any atom is -0.462 e. The van der Waals surface area contributed by atoms with Gasteiger partial charge in [0.05, 0.1) is 0 Å². The molecular formula is C59H98O6. The van der Waals surface area contributed by atoms with E-state index in [1.54, 1.807) is 0 Å². The van der Waals surface area contributed by atoms with Crippen molar-refractivity contribution in [1.29, 1.82) is 0 Å². The van der Waals surface area contributed by atoms with Gasteiger partial charge < -0.3 is 14.2 Å². The Morgan fingerprint density at radius 1 is 0.323 bits per heavy atom. The Hall–Kier alpha value is -3.67. The average molecular weight is 903 g/mol. The molecule has 0 rings (SSSR count). The zero-order chi connectivity index (χ0) is 47.2. The molecule has 0 aliphatic carbocycles. The molecule has 65 heavy (non-hydrogen) atoms. The average Bonchev–Trinajstić information content (AvgIpc) is 3.30. The fourth-order valence-corrected chi connectivity index (χ4v) is 7.06. The number of allylic oxidation sites excluding steroid dienone is 16. The first-order valence-corrected chi connectivity index (χ1v) is 26.7. The van der Waals surface area contributed by atoms with Crippen LogP contribution < -0.4 is 0 Å². The fraction of sp³-hybridized carbons (Fsp3) is 0.678. The Kier molecular flexibility index (Phi) is 50.0. The smallest absolute Gasteiger partial charge is 0.306 e. The zero-order valence-electron chi connectivity index (χ0n) is 42.2. The summed E-state index contributed by atoms with van der Waals surface area (Å²) in [5.74, 6) is -0.926. The van der Waals surface area contributed by atoms with Gasteiger partial charge in [0.1, 0.15) is 13.2 Å². The molecule has 1 atom stereocenters. The fourth-order valence-electron chi connectivity index (χ4n) is 7.06. The molecule has 0 spiro atoms. The summed E-state index contributed by atoms with van der Waals surface area (Å²) < 4.78 is 16.7. The van der Waals surface area contributed by atoms with Crippen LogP contribution in [-0.2, 0) is 28.6 Å². The van der Waals surface area contributed by atoms with Crippen LogP contribution in [0.15, 0.2) is 97.2 Å². The standard InChI is InChI=1S/C59H98O6/c1-4-7-10-13-15-17-19-21-23-25-26-27-28-29-30-31-32-34-35-37-39-41-43-46-49-52-58(61)64-55-56(54-63-57(60)51-48-45-12-9-6-3)65-59(62)53-50-47-44-42-40-38-36-33-24-22-20-18-16-14-11-8-5-2/h7,10,15-18,21-24,26-27,29-30,32,34,56H,4-6,8-9,11-14,19-20,25,28,31,33,35-55H2,1-3H3/b10-7-,17-15-,18-16-,23-21-,24-22-,27-26-,30-29-,34-32-. The van der Waals surface area contributed by atoms with Crippen molar-refractivity contribution in [2.24, 2.45) is 0 Å². The number of carbonyl (C=O) groups excluding carboxylic acids is 3. The van der Waals surface area contributed by atoms with Gasteiger partial charge in [0, 0.05) is 19.3 Å². The minimum atomic E-state index is -0.785. The van der Waals surface area contributed by atoms with Crippen LogP contribution in [0.4, 0.5) is 0 Å². The van der Waals surface area contributed by atoms with Crippen LogP contribution in [0.1, 0.15) is 239 Å². The van der Waals surface area contributed by atoms with E-state index in [9.17, 15) is 14.4 Å². The van der Waals surface area contributed by atoms with Crippen molar-refractivity contribution in [2.75, 3.05) is 13.2 Å². The molecule has 0 saturated carbocycles. The molecule has 6 heteroatoms. The molecular weight excluding hydrogens is 805 g/mol. The van der Waals surface area contributed by atoms with Gasteiger partial charge in [-0.3, -0.25) is 14.4 Å². The first kappa shape index (κ1) is 61.3. The monoisotopic (exact) mass is 903 g/mol. The molecule has 0 aromatic rings. The number of hydrogen-bond donors (Lipinski definition) is 0. The predicted molar refractivity (Wildman–Crippen MR) is 279 cm³/mol. The maximum Gasteiger partial charge on any atom is 0.306 e. The first-order valence-electron chi connectivity index (χ1n) is 26.7. The molecule has 370 valence electrons. The summed E-state index contributed by atoms with van der Waals surface area (Å²) >= 11 is 0. The Labute approximate surface area is 400 Å². The third-order valence-electron chi connectivity index (χ3n) is 11.1. The second-order valence-electron chi connectivity index (χ2n) is 17.4. The number of rotatable bonds is 47. The summed E-state index contributed by atoms with van der Waals surface area (Å²) in [6.45, 7) is 6.39. The van der Waals surface area contributed by atoms with Gasteiger partial charge in [-0.25, -0.2) is 0 Å². The molecule has 0 aromatic heterocycles. The maximum absolute atomic E-state index is 12.7. The first-order chi connectivity index (χ1) is 32.0. The summed E-state index contributed by atoms with van der Waals surface area (Å²) in [4.78, 5) is 37.7. The van der Waals surface area contributed by atoms with Gasteiger partial charge in [-0.1, -0.05) is 214 Å². The Bertz CT molecular complexity index is 1310. The van der Waals surface area contributed by atoms with Crippen molar-refractivity contribution in [3.8, 4) is 0 Å². The summed E-state index contributed by atoms with van der Waals surface area (Å²) in [5.41, 5.74) is 0. The lowest BCUT2D eigenvalue weighted by atomic mass is 10.1. The molecule has 0 saturated heterocycles. The molecule has 0 aromatic carbocycles. The third-order valence-corrected chi connectivity index (χ3v) is 11.1. The van der Waals surface area contributed by atoms with Gasteiger partial charge >= 0.3 is 17.9 Å². The molecule has 0 N–H and O–H groups in total. The second-order valence-corrected chi connectivity index (χ2v) is 17.4. The van der Waals surface area contributed by atoms with Crippen LogP contribution in [-0.4, -0.2) is 37.2 Å². The number of ether oxygens (including phenoxy) is 3. The van der Waals surface area contributed by atoms with Gasteiger partial charge in [-0.15, -0.1) is 0 Å². The highest BCUT2D eigenvalue weighted by atomic mass is 16.6. The zero-order valence-corrected chi connectivity index (χ0v) is 42.2. The number of unbranched alkanes of at least 4 members (excludes halogenated alkanes) is 20. The van der Waals surface area contributed by atoms with Crippen LogP contribution in [0.2, 0.25) is 0 Å². The molecule has 1 unspecified atom stereocenters. The van der Waals surface area contributed by atoms with Crippen molar-refractivity contribution in [3.05, 3.63) is 97.2 Å². The number of esters is 3. The lowest BCUT2D eigenvalue weighted by molar-refractivity contribution is -0.167. The summed E-state index contributed by atoms with van der Waals surface area (Å²) in [6.07, 6.45) is 70.0. The van der Waals surface area contributed by atoms with E-state index in [-0.39, 0.29) is 31.1 Å². The molecule has 0 heterocycles. The van der Waals surface area contributed by atoms with Crippen molar-refractivity contribution in [2.45, 2.75) is 245 Å². The molecule has 0 aliphatic rings. The summed E-state index contributed by atoms with van der Waals surface area (Å²) in [6, 6.07) is 0. The van der Waals surface area contributed by atoms with E-state index in [0.717, 1.165) is 128 Å². The van der Waals surface area contributed by atoms with E-state index in [1.807, 2.05) is 0 Å². The van der Waals surface area contributed by atoms with Crippen molar-refractivity contribution in [3.63, 3.8) is 0 Å². The van der Waals surface area contributed by atoms with E-state index in [1.165, 1.54) is 70.6 Å². The topological polar surface area (TPSA) is 78.9 Å². The molecule has 6 nitrogen and oxygen atoms in total. The minimum absolute atomic E-state index is 0.0870. The molecule has 0 radical (unpaired) electrons. The highest BCUT2D eigenvalue weighted by Crippen LogP contribution is 2.14. The van der Waals surface area contributed by atoms with E-state index in [4.69, 9.17) is 14.2 Å². The second kappa shape index (κ2) is 52.9. The van der Waals surface area contributed by atoms with Crippen LogP contribution >= 0.6 is 0 Å². The van der Waals surface area contributed by atoms with E-state index >= 15 is 0 Å². The Balaban J connectivity index is 4.19. The van der Waals surface area contributed by atoms with E-state index in [0.29, 0.717) is 19.3 Å². The van der Waals surface area contributed by atoms with Crippen molar-refractivity contribution >= 4 is 17.9 Å². The van der Waals surface area contributed by atoms with Crippen LogP contribution in [0, 0.1) is 0 Å². The van der Waals surface area contributed by atoms with E-state index in [2.05, 4.69) is 118 Å².